The van der Waals surface area contributed by atoms with Crippen LogP contribution in [0.25, 0.3) is 5.69 Å². The van der Waals surface area contributed by atoms with Crippen molar-refractivity contribution in [2.24, 2.45) is 5.73 Å². The van der Waals surface area contributed by atoms with Gasteiger partial charge in [-0.1, -0.05) is 11.6 Å². The third-order valence-corrected chi connectivity index (χ3v) is 4.36. The number of halogens is 1. The number of nitrogens with zero attached hydrogens (tertiary/aromatic N) is 1. The van der Waals surface area contributed by atoms with Gasteiger partial charge in [-0.2, -0.15) is 0 Å². The number of nitrogens with two attached hydrogens (primary N) is 1. The summed E-state index contributed by atoms with van der Waals surface area (Å²) in [4.78, 5) is 0. The maximum Gasteiger partial charge on any atom is 0.144 e. The van der Waals surface area contributed by atoms with Crippen molar-refractivity contribution in [2.75, 3.05) is 14.2 Å². The first-order valence-corrected chi connectivity index (χ1v) is 7.41. The monoisotopic (exact) mass is 306 g/mol. The summed E-state index contributed by atoms with van der Waals surface area (Å²) in [7, 11) is 3.25. The maximum atomic E-state index is 6.20. The summed E-state index contributed by atoms with van der Waals surface area (Å²) in [6.45, 7) is 0. The number of hydrogen-bond donors (Lipinski definition) is 1. The van der Waals surface area contributed by atoms with Crippen LogP contribution < -0.4 is 15.2 Å². The van der Waals surface area contributed by atoms with Gasteiger partial charge >= 0.3 is 0 Å². The fraction of sp³-hybridized carbons (Fsp3) is 0.375. The lowest BCUT2D eigenvalue weighted by Gasteiger charge is -2.22. The van der Waals surface area contributed by atoms with Crippen LogP contribution in [0.15, 0.2) is 24.4 Å². The summed E-state index contributed by atoms with van der Waals surface area (Å²) in [5.41, 5.74) is 9.59. The minimum atomic E-state index is 0.121. The van der Waals surface area contributed by atoms with Gasteiger partial charge < -0.3 is 19.8 Å². The predicted molar refractivity (Wildman–Crippen MR) is 83.7 cm³/mol. The highest BCUT2D eigenvalue weighted by molar-refractivity contribution is 6.32. The SMILES string of the molecule is COc1cc(-n2ccc3c2CCCC3N)c(OC)cc1Cl. The third-order valence-electron chi connectivity index (χ3n) is 4.07. The van der Waals surface area contributed by atoms with Gasteiger partial charge in [-0.05, 0) is 30.9 Å². The number of methoxy groups -OCH3 is 2. The zero-order valence-corrected chi connectivity index (χ0v) is 13.0. The Balaban J connectivity index is 2.16. The van der Waals surface area contributed by atoms with E-state index in [-0.39, 0.29) is 6.04 Å². The Hall–Kier alpha value is -1.65. The Bertz CT molecular complexity index is 667. The summed E-state index contributed by atoms with van der Waals surface area (Å²) in [6, 6.07) is 5.90. The summed E-state index contributed by atoms with van der Waals surface area (Å²) >= 11 is 6.17. The fourth-order valence-electron chi connectivity index (χ4n) is 2.99. The highest BCUT2D eigenvalue weighted by Crippen LogP contribution is 2.38. The number of hydrogen-bond acceptors (Lipinski definition) is 3. The number of aromatic nitrogens is 1. The number of fused-ring (bicyclic) bond motifs is 1. The van der Waals surface area contributed by atoms with E-state index in [4.69, 9.17) is 26.8 Å². The smallest absolute Gasteiger partial charge is 0.144 e. The quantitative estimate of drug-likeness (QED) is 0.944. The molecule has 1 aliphatic carbocycles. The Morgan fingerprint density at radius 3 is 2.71 bits per heavy atom. The molecule has 0 amide bonds. The first-order chi connectivity index (χ1) is 10.2. The highest BCUT2D eigenvalue weighted by Gasteiger charge is 2.22. The molecule has 1 aromatic heterocycles. The van der Waals surface area contributed by atoms with E-state index in [2.05, 4.69) is 10.6 Å². The van der Waals surface area contributed by atoms with Crippen molar-refractivity contribution >= 4 is 11.6 Å². The third kappa shape index (κ3) is 2.39. The van der Waals surface area contributed by atoms with Crippen LogP contribution in [-0.2, 0) is 6.42 Å². The lowest BCUT2D eigenvalue weighted by Crippen LogP contribution is -2.18. The minimum Gasteiger partial charge on any atom is -0.495 e. The van der Waals surface area contributed by atoms with Crippen LogP contribution in [0.2, 0.25) is 5.02 Å². The van der Waals surface area contributed by atoms with Crippen LogP contribution in [0, 0.1) is 0 Å². The summed E-state index contributed by atoms with van der Waals surface area (Å²) in [6.07, 6.45) is 5.20. The van der Waals surface area contributed by atoms with Gasteiger partial charge in [0.15, 0.2) is 0 Å². The molecule has 3 rings (SSSR count). The molecule has 0 bridgehead atoms. The second-order valence-electron chi connectivity index (χ2n) is 5.25. The van der Waals surface area contributed by atoms with E-state index in [1.165, 1.54) is 11.3 Å². The van der Waals surface area contributed by atoms with Crippen LogP contribution in [0.3, 0.4) is 0 Å². The van der Waals surface area contributed by atoms with E-state index < -0.39 is 0 Å². The Labute approximate surface area is 129 Å². The molecule has 2 N–H and O–H groups in total. The topological polar surface area (TPSA) is 49.4 Å². The van der Waals surface area contributed by atoms with Crippen LogP contribution in [0.4, 0.5) is 0 Å². The zero-order chi connectivity index (χ0) is 15.0. The van der Waals surface area contributed by atoms with Crippen LogP contribution in [-0.4, -0.2) is 18.8 Å². The fourth-order valence-corrected chi connectivity index (χ4v) is 3.22. The van der Waals surface area contributed by atoms with Gasteiger partial charge in [0.1, 0.15) is 11.5 Å². The molecule has 1 aliphatic rings. The Morgan fingerprint density at radius 1 is 1.24 bits per heavy atom. The second-order valence-corrected chi connectivity index (χ2v) is 5.65. The molecule has 0 aliphatic heterocycles. The van der Waals surface area contributed by atoms with E-state index in [1.54, 1.807) is 20.3 Å². The maximum absolute atomic E-state index is 6.20. The minimum absolute atomic E-state index is 0.121. The van der Waals surface area contributed by atoms with E-state index >= 15 is 0 Å². The van der Waals surface area contributed by atoms with Crippen molar-refractivity contribution in [1.82, 2.24) is 4.57 Å². The molecule has 4 nitrogen and oxygen atoms in total. The van der Waals surface area contributed by atoms with Gasteiger partial charge in [0.25, 0.3) is 0 Å². The molecule has 1 heterocycles. The van der Waals surface area contributed by atoms with Gasteiger partial charge in [0.2, 0.25) is 0 Å². The van der Waals surface area contributed by atoms with Crippen LogP contribution in [0.1, 0.15) is 30.1 Å². The van der Waals surface area contributed by atoms with Crippen LogP contribution >= 0.6 is 11.6 Å². The lowest BCUT2D eigenvalue weighted by molar-refractivity contribution is 0.401. The molecule has 1 atom stereocenters. The molecular weight excluding hydrogens is 288 g/mol. The van der Waals surface area contributed by atoms with E-state index in [0.717, 1.165) is 30.7 Å². The molecule has 1 unspecified atom stereocenters. The summed E-state index contributed by atoms with van der Waals surface area (Å²) < 4.78 is 12.9. The van der Waals surface area contributed by atoms with E-state index in [9.17, 15) is 0 Å². The van der Waals surface area contributed by atoms with Crippen molar-refractivity contribution in [1.29, 1.82) is 0 Å². The average molecular weight is 307 g/mol. The average Bonchev–Trinajstić information content (AvgIpc) is 2.92. The molecule has 5 heteroatoms. The first kappa shape index (κ1) is 14.3. The lowest BCUT2D eigenvalue weighted by atomic mass is 9.93. The molecule has 112 valence electrons. The van der Waals surface area contributed by atoms with Gasteiger partial charge in [-0.3, -0.25) is 0 Å². The number of rotatable bonds is 3. The van der Waals surface area contributed by atoms with Gasteiger partial charge in [-0.15, -0.1) is 0 Å². The van der Waals surface area contributed by atoms with Crippen LogP contribution in [0.5, 0.6) is 11.5 Å². The molecule has 0 fully saturated rings. The molecule has 0 saturated carbocycles. The molecule has 0 radical (unpaired) electrons. The Morgan fingerprint density at radius 2 is 2.00 bits per heavy atom. The molecular formula is C16H19ClN2O2. The predicted octanol–water partition coefficient (Wildman–Crippen LogP) is 3.48. The summed E-state index contributed by atoms with van der Waals surface area (Å²) in [5.74, 6) is 1.35. The molecule has 2 aromatic rings. The molecule has 0 spiro atoms. The molecule has 1 aromatic carbocycles. The first-order valence-electron chi connectivity index (χ1n) is 7.03. The van der Waals surface area contributed by atoms with E-state index in [1.807, 2.05) is 12.3 Å². The van der Waals surface area contributed by atoms with E-state index in [0.29, 0.717) is 10.8 Å². The summed E-state index contributed by atoms with van der Waals surface area (Å²) in [5, 5.41) is 0.538. The van der Waals surface area contributed by atoms with Gasteiger partial charge in [-0.25, -0.2) is 0 Å². The van der Waals surface area contributed by atoms with Crippen molar-refractivity contribution in [3.63, 3.8) is 0 Å². The highest BCUT2D eigenvalue weighted by atomic mass is 35.5. The Kier molecular flexibility index (Phi) is 3.83. The second kappa shape index (κ2) is 5.62. The number of ether oxygens (including phenoxy) is 2. The van der Waals surface area contributed by atoms with Crippen molar-refractivity contribution in [3.05, 3.63) is 40.7 Å². The largest absolute Gasteiger partial charge is 0.495 e. The van der Waals surface area contributed by atoms with Crippen molar-refractivity contribution < 1.29 is 9.47 Å². The number of benzene rings is 1. The zero-order valence-electron chi connectivity index (χ0n) is 12.2. The van der Waals surface area contributed by atoms with Gasteiger partial charge in [0.05, 0.1) is 24.9 Å². The molecule has 21 heavy (non-hydrogen) atoms. The normalized spacial score (nSPS) is 17.4. The standard InChI is InChI=1S/C16H19ClN2O2/c1-20-15-9-14(16(21-2)8-11(15)17)19-7-6-10-12(18)4-3-5-13(10)19/h6-9,12H,3-5,18H2,1-2H3. The van der Waals surface area contributed by atoms with Crippen molar-refractivity contribution in [2.45, 2.75) is 25.3 Å². The molecule has 0 saturated heterocycles. The van der Waals surface area contributed by atoms with Crippen molar-refractivity contribution in [3.8, 4) is 17.2 Å². The van der Waals surface area contributed by atoms with Gasteiger partial charge in [0, 0.05) is 30.1 Å².